The Morgan fingerprint density at radius 1 is 1.55 bits per heavy atom. The fourth-order valence-corrected chi connectivity index (χ4v) is 0.767. The zero-order chi connectivity index (χ0) is 8.85. The van der Waals surface area contributed by atoms with Crippen molar-refractivity contribution in [1.29, 1.82) is 0 Å². The SMILES string of the molecule is C=COC(CO)C(C)C(C)O. The summed E-state index contributed by atoms with van der Waals surface area (Å²) in [6, 6.07) is 0. The summed E-state index contributed by atoms with van der Waals surface area (Å²) < 4.78 is 4.97. The summed E-state index contributed by atoms with van der Waals surface area (Å²) in [7, 11) is 0. The summed E-state index contributed by atoms with van der Waals surface area (Å²) in [5.74, 6) is -0.0852. The molecule has 0 spiro atoms. The first-order valence-corrected chi connectivity index (χ1v) is 3.68. The maximum Gasteiger partial charge on any atom is 0.126 e. The number of hydrogen-bond acceptors (Lipinski definition) is 3. The van der Waals surface area contributed by atoms with Gasteiger partial charge in [0.1, 0.15) is 6.10 Å². The normalized spacial score (nSPS) is 18.5. The molecular weight excluding hydrogens is 144 g/mol. The highest BCUT2D eigenvalue weighted by atomic mass is 16.5. The van der Waals surface area contributed by atoms with E-state index >= 15 is 0 Å². The molecule has 0 aliphatic heterocycles. The largest absolute Gasteiger partial charge is 0.496 e. The molecule has 11 heavy (non-hydrogen) atoms. The average molecular weight is 160 g/mol. The van der Waals surface area contributed by atoms with E-state index in [0.29, 0.717) is 0 Å². The first-order chi connectivity index (χ1) is 5.13. The van der Waals surface area contributed by atoms with E-state index in [4.69, 9.17) is 14.9 Å². The molecule has 0 radical (unpaired) electrons. The van der Waals surface area contributed by atoms with Crippen LogP contribution in [-0.2, 0) is 4.74 Å². The molecule has 0 saturated heterocycles. The van der Waals surface area contributed by atoms with Crippen LogP contribution in [0.25, 0.3) is 0 Å². The molecule has 0 heterocycles. The van der Waals surface area contributed by atoms with Crippen LogP contribution in [0.1, 0.15) is 13.8 Å². The molecule has 3 unspecified atom stereocenters. The van der Waals surface area contributed by atoms with Crippen molar-refractivity contribution in [3.8, 4) is 0 Å². The van der Waals surface area contributed by atoms with Crippen LogP contribution < -0.4 is 0 Å². The lowest BCUT2D eigenvalue weighted by Gasteiger charge is -2.23. The van der Waals surface area contributed by atoms with E-state index in [9.17, 15) is 0 Å². The third kappa shape index (κ3) is 3.39. The van der Waals surface area contributed by atoms with Crippen molar-refractivity contribution in [2.45, 2.75) is 26.1 Å². The van der Waals surface area contributed by atoms with Crippen LogP contribution in [0.2, 0.25) is 0 Å². The van der Waals surface area contributed by atoms with E-state index in [-0.39, 0.29) is 18.6 Å². The smallest absolute Gasteiger partial charge is 0.126 e. The number of aliphatic hydroxyl groups is 2. The highest BCUT2D eigenvalue weighted by molar-refractivity contribution is 4.72. The van der Waals surface area contributed by atoms with Crippen LogP contribution in [0.4, 0.5) is 0 Å². The monoisotopic (exact) mass is 160 g/mol. The van der Waals surface area contributed by atoms with Gasteiger partial charge in [-0.2, -0.15) is 0 Å². The average Bonchev–Trinajstić information content (AvgIpc) is 1.98. The maximum absolute atomic E-state index is 9.12. The minimum absolute atomic E-state index is 0.0852. The molecule has 0 bridgehead atoms. The van der Waals surface area contributed by atoms with Gasteiger partial charge in [0.25, 0.3) is 0 Å². The number of hydrogen-bond donors (Lipinski definition) is 2. The Kier molecular flexibility index (Phi) is 4.90. The van der Waals surface area contributed by atoms with Crippen molar-refractivity contribution in [2.75, 3.05) is 6.61 Å². The Balaban J connectivity index is 3.90. The van der Waals surface area contributed by atoms with Gasteiger partial charge in [-0.1, -0.05) is 13.5 Å². The predicted octanol–water partition coefficient (Wildman–Crippen LogP) is 0.524. The summed E-state index contributed by atoms with van der Waals surface area (Å²) in [6.45, 7) is 6.76. The third-order valence-electron chi connectivity index (χ3n) is 1.80. The minimum Gasteiger partial charge on any atom is -0.496 e. The van der Waals surface area contributed by atoms with E-state index in [1.807, 2.05) is 6.92 Å². The van der Waals surface area contributed by atoms with Crippen LogP contribution in [0, 0.1) is 5.92 Å². The fraction of sp³-hybridized carbons (Fsp3) is 0.750. The molecule has 0 fully saturated rings. The number of rotatable bonds is 5. The molecule has 3 heteroatoms. The van der Waals surface area contributed by atoms with Gasteiger partial charge in [-0.3, -0.25) is 0 Å². The maximum atomic E-state index is 9.12. The number of ether oxygens (including phenoxy) is 1. The van der Waals surface area contributed by atoms with E-state index in [0.717, 1.165) is 0 Å². The van der Waals surface area contributed by atoms with Gasteiger partial charge in [-0.25, -0.2) is 0 Å². The molecule has 0 aromatic rings. The van der Waals surface area contributed by atoms with Crippen LogP contribution in [0.3, 0.4) is 0 Å². The second-order valence-corrected chi connectivity index (χ2v) is 2.62. The van der Waals surface area contributed by atoms with Gasteiger partial charge >= 0.3 is 0 Å². The summed E-state index contributed by atoms with van der Waals surface area (Å²) >= 11 is 0. The Morgan fingerprint density at radius 2 is 2.09 bits per heavy atom. The van der Waals surface area contributed by atoms with Crippen LogP contribution in [0.5, 0.6) is 0 Å². The topological polar surface area (TPSA) is 49.7 Å². The van der Waals surface area contributed by atoms with Gasteiger partial charge in [-0.15, -0.1) is 0 Å². The van der Waals surface area contributed by atoms with Gasteiger partial charge in [0.05, 0.1) is 19.0 Å². The van der Waals surface area contributed by atoms with Crippen molar-refractivity contribution in [1.82, 2.24) is 0 Å². The van der Waals surface area contributed by atoms with Crippen molar-refractivity contribution in [3.05, 3.63) is 12.8 Å². The molecule has 2 N–H and O–H groups in total. The molecule has 0 amide bonds. The van der Waals surface area contributed by atoms with Crippen molar-refractivity contribution < 1.29 is 14.9 Å². The Morgan fingerprint density at radius 3 is 2.36 bits per heavy atom. The Hall–Kier alpha value is -0.540. The van der Waals surface area contributed by atoms with Gasteiger partial charge in [0, 0.05) is 5.92 Å². The standard InChI is InChI=1S/C8H16O3/c1-4-11-8(5-9)6(2)7(3)10/h4,6-10H,1,5H2,2-3H3. The van der Waals surface area contributed by atoms with Gasteiger partial charge in [-0.05, 0) is 6.92 Å². The second kappa shape index (κ2) is 5.16. The lowest BCUT2D eigenvalue weighted by Crippen LogP contribution is -2.31. The summed E-state index contributed by atoms with van der Waals surface area (Å²) in [5.41, 5.74) is 0. The van der Waals surface area contributed by atoms with Gasteiger partial charge < -0.3 is 14.9 Å². The van der Waals surface area contributed by atoms with E-state index in [1.165, 1.54) is 6.26 Å². The molecular formula is C8H16O3. The molecule has 66 valence electrons. The fourth-order valence-electron chi connectivity index (χ4n) is 0.767. The second-order valence-electron chi connectivity index (χ2n) is 2.62. The van der Waals surface area contributed by atoms with Crippen molar-refractivity contribution in [2.24, 2.45) is 5.92 Å². The molecule has 0 aromatic heterocycles. The summed E-state index contributed by atoms with van der Waals surface area (Å²) in [4.78, 5) is 0. The first-order valence-electron chi connectivity index (χ1n) is 3.68. The highest BCUT2D eigenvalue weighted by Gasteiger charge is 2.20. The van der Waals surface area contributed by atoms with E-state index in [2.05, 4.69) is 6.58 Å². The molecule has 0 saturated carbocycles. The van der Waals surface area contributed by atoms with Crippen molar-refractivity contribution in [3.63, 3.8) is 0 Å². The summed E-state index contributed by atoms with van der Waals surface area (Å²) in [6.07, 6.45) is 0.444. The van der Waals surface area contributed by atoms with Gasteiger partial charge in [0.2, 0.25) is 0 Å². The molecule has 0 aliphatic carbocycles. The molecule has 0 aromatic carbocycles. The molecule has 3 atom stereocenters. The molecule has 3 nitrogen and oxygen atoms in total. The Bertz CT molecular complexity index is 112. The van der Waals surface area contributed by atoms with Crippen LogP contribution in [-0.4, -0.2) is 29.0 Å². The van der Waals surface area contributed by atoms with Crippen LogP contribution >= 0.6 is 0 Å². The zero-order valence-corrected chi connectivity index (χ0v) is 7.03. The minimum atomic E-state index is -0.480. The van der Waals surface area contributed by atoms with Crippen LogP contribution in [0.15, 0.2) is 12.8 Å². The van der Waals surface area contributed by atoms with Crippen molar-refractivity contribution >= 4 is 0 Å². The third-order valence-corrected chi connectivity index (χ3v) is 1.80. The quantitative estimate of drug-likeness (QED) is 0.576. The lowest BCUT2D eigenvalue weighted by molar-refractivity contribution is -0.00969. The van der Waals surface area contributed by atoms with E-state index in [1.54, 1.807) is 6.92 Å². The molecule has 0 rings (SSSR count). The zero-order valence-electron chi connectivity index (χ0n) is 7.03. The summed E-state index contributed by atoms with van der Waals surface area (Å²) in [5, 5.41) is 17.9. The number of aliphatic hydroxyl groups excluding tert-OH is 2. The predicted molar refractivity (Wildman–Crippen MR) is 43.0 cm³/mol. The lowest BCUT2D eigenvalue weighted by atomic mass is 10.00. The van der Waals surface area contributed by atoms with Gasteiger partial charge in [0.15, 0.2) is 0 Å². The highest BCUT2D eigenvalue weighted by Crippen LogP contribution is 2.11. The molecule has 0 aliphatic rings. The van der Waals surface area contributed by atoms with E-state index < -0.39 is 6.10 Å². The first kappa shape index (κ1) is 10.5. The Labute approximate surface area is 67.3 Å².